The van der Waals surface area contributed by atoms with Gasteiger partial charge in [0.05, 0.1) is 25.8 Å². The van der Waals surface area contributed by atoms with Crippen LogP contribution in [0, 0.1) is 5.92 Å². The molecule has 1 aliphatic heterocycles. The topological polar surface area (TPSA) is 86.2 Å². The van der Waals surface area contributed by atoms with Crippen molar-refractivity contribution in [2.24, 2.45) is 10.9 Å². The highest BCUT2D eigenvalue weighted by Gasteiger charge is 2.42. The van der Waals surface area contributed by atoms with Gasteiger partial charge in [-0.3, -0.25) is 14.6 Å². The van der Waals surface area contributed by atoms with Crippen LogP contribution >= 0.6 is 0 Å². The molecule has 3 aromatic rings. The minimum Gasteiger partial charge on any atom is -0.495 e. The number of benzene rings is 3. The number of nitrogens with zero attached hydrogens (tertiary/aromatic N) is 1. The fourth-order valence-corrected chi connectivity index (χ4v) is 5.40. The molecule has 1 amide bonds. The van der Waals surface area contributed by atoms with Crippen LogP contribution in [-0.4, -0.2) is 31.6 Å². The summed E-state index contributed by atoms with van der Waals surface area (Å²) in [6.45, 7) is 2.25. The third kappa shape index (κ3) is 5.43. The highest BCUT2D eigenvalue weighted by Crippen LogP contribution is 2.45. The quantitative estimate of drug-likeness (QED) is 0.385. The van der Waals surface area contributed by atoms with E-state index in [2.05, 4.69) is 5.32 Å². The summed E-state index contributed by atoms with van der Waals surface area (Å²) >= 11 is 0. The van der Waals surface area contributed by atoms with Gasteiger partial charge in [-0.2, -0.15) is 0 Å². The predicted octanol–water partition coefficient (Wildman–Crippen LogP) is 6.10. The summed E-state index contributed by atoms with van der Waals surface area (Å²) < 4.78 is 17.2. The number of rotatable bonds is 8. The lowest BCUT2D eigenvalue weighted by molar-refractivity contribution is -0.119. The van der Waals surface area contributed by atoms with Gasteiger partial charge in [0.15, 0.2) is 17.3 Å². The van der Waals surface area contributed by atoms with Gasteiger partial charge in [-0.05, 0) is 55.2 Å². The number of aliphatic imine (C=N–C) groups is 1. The Balaban J connectivity index is 1.52. The lowest BCUT2D eigenvalue weighted by Crippen LogP contribution is -2.39. The molecule has 0 aromatic heterocycles. The Morgan fingerprint density at radius 1 is 0.923 bits per heavy atom. The monoisotopic (exact) mass is 524 g/mol. The number of carbonyl (C=O) groups is 2. The molecule has 39 heavy (non-hydrogen) atoms. The molecular weight excluding hydrogens is 492 g/mol. The van der Waals surface area contributed by atoms with Crippen LogP contribution in [0.1, 0.15) is 43.2 Å². The van der Waals surface area contributed by atoms with Crippen molar-refractivity contribution in [2.75, 3.05) is 19.5 Å². The van der Waals surface area contributed by atoms with Crippen molar-refractivity contribution in [2.45, 2.75) is 38.7 Å². The second-order valence-corrected chi connectivity index (χ2v) is 9.72. The van der Waals surface area contributed by atoms with Crippen LogP contribution in [0.5, 0.6) is 17.2 Å². The van der Waals surface area contributed by atoms with Gasteiger partial charge in [-0.25, -0.2) is 0 Å². The molecule has 0 fully saturated rings. The fraction of sp³-hybridized carbons (Fsp3) is 0.281. The number of allylic oxidation sites excluding steroid dienone is 2. The van der Waals surface area contributed by atoms with E-state index in [0.29, 0.717) is 53.7 Å². The number of carbonyl (C=O) groups excluding carboxylic acids is 2. The van der Waals surface area contributed by atoms with Crippen molar-refractivity contribution < 1.29 is 23.8 Å². The average molecular weight is 525 g/mol. The number of Topliss-reactive ketones (excluding diaryl/α,β-unsaturated/α-hetero) is 1. The van der Waals surface area contributed by atoms with E-state index in [1.54, 1.807) is 26.4 Å². The van der Waals surface area contributed by atoms with Gasteiger partial charge in [0.2, 0.25) is 5.91 Å². The number of para-hydroxylation sites is 2. The van der Waals surface area contributed by atoms with E-state index >= 15 is 0 Å². The Bertz CT molecular complexity index is 1440. The summed E-state index contributed by atoms with van der Waals surface area (Å²) in [6.07, 6.45) is 1.92. The Morgan fingerprint density at radius 3 is 2.44 bits per heavy atom. The first kappa shape index (κ1) is 26.2. The number of nitrogens with one attached hydrogen (secondary N) is 1. The highest BCUT2D eigenvalue weighted by molar-refractivity contribution is 6.13. The molecule has 0 saturated carbocycles. The first-order valence-electron chi connectivity index (χ1n) is 13.1. The molecule has 2 aliphatic rings. The van der Waals surface area contributed by atoms with E-state index in [1.165, 1.54) is 0 Å². The van der Waals surface area contributed by atoms with Crippen molar-refractivity contribution in [1.82, 2.24) is 0 Å². The zero-order chi connectivity index (χ0) is 27.4. The normalized spacial score (nSPS) is 18.6. The predicted molar refractivity (Wildman–Crippen MR) is 151 cm³/mol. The summed E-state index contributed by atoms with van der Waals surface area (Å²) in [5.74, 6) is 0.287. The molecule has 2 atom stereocenters. The lowest BCUT2D eigenvalue weighted by atomic mass is 9.71. The highest BCUT2D eigenvalue weighted by atomic mass is 16.5. The van der Waals surface area contributed by atoms with E-state index in [9.17, 15) is 9.59 Å². The Labute approximate surface area is 228 Å². The smallest absolute Gasteiger partial charge is 0.234 e. The van der Waals surface area contributed by atoms with Crippen LogP contribution in [0.4, 0.5) is 5.69 Å². The molecule has 0 bridgehead atoms. The molecule has 1 aliphatic carbocycles. The molecule has 200 valence electrons. The van der Waals surface area contributed by atoms with Crippen LogP contribution in [0.2, 0.25) is 0 Å². The van der Waals surface area contributed by atoms with E-state index in [4.69, 9.17) is 19.2 Å². The molecule has 0 spiro atoms. The van der Waals surface area contributed by atoms with E-state index in [0.717, 1.165) is 23.2 Å². The Kier molecular flexibility index (Phi) is 7.77. The molecule has 1 unspecified atom stereocenters. The molecule has 0 radical (unpaired) electrons. The molecule has 7 heteroatoms. The minimum absolute atomic E-state index is 0.0379. The Hall–Kier alpha value is -4.39. The molecule has 0 saturated heterocycles. The number of ketones is 1. The standard InChI is InChI=1S/C32H32N2O5/c1-20-29(32(36)34-23-12-7-8-15-26(23)37-2)30(31-24(33-20)13-9-14-25(31)35)22-16-17-27(28(18-22)38-3)39-19-21-10-5-4-6-11-21/h4-8,10-12,15-18,29-30H,9,13-14,19H2,1-3H3,(H,34,36)/t29?,30-/m1/s1. The zero-order valence-corrected chi connectivity index (χ0v) is 22.4. The van der Waals surface area contributed by atoms with Gasteiger partial charge in [0.1, 0.15) is 12.4 Å². The van der Waals surface area contributed by atoms with Gasteiger partial charge in [0, 0.05) is 29.3 Å². The number of hydrogen-bond donors (Lipinski definition) is 1. The fourth-order valence-electron chi connectivity index (χ4n) is 5.40. The number of hydrogen-bond acceptors (Lipinski definition) is 6. The van der Waals surface area contributed by atoms with Crippen LogP contribution in [-0.2, 0) is 16.2 Å². The maximum Gasteiger partial charge on any atom is 0.234 e. The summed E-state index contributed by atoms with van der Waals surface area (Å²) in [5.41, 5.74) is 4.47. The molecule has 7 nitrogen and oxygen atoms in total. The van der Waals surface area contributed by atoms with Gasteiger partial charge >= 0.3 is 0 Å². The number of ether oxygens (including phenoxy) is 3. The van der Waals surface area contributed by atoms with Crippen molar-refractivity contribution in [1.29, 1.82) is 0 Å². The third-order valence-corrected chi connectivity index (χ3v) is 7.27. The van der Waals surface area contributed by atoms with E-state index in [1.807, 2.05) is 67.6 Å². The van der Waals surface area contributed by atoms with Gasteiger partial charge in [0.25, 0.3) is 0 Å². The number of anilines is 1. The van der Waals surface area contributed by atoms with E-state index in [-0.39, 0.29) is 11.7 Å². The van der Waals surface area contributed by atoms with Crippen LogP contribution in [0.25, 0.3) is 0 Å². The first-order chi connectivity index (χ1) is 19.0. The van der Waals surface area contributed by atoms with Crippen molar-refractivity contribution in [3.63, 3.8) is 0 Å². The molecule has 5 rings (SSSR count). The molecular formula is C32H32N2O5. The second-order valence-electron chi connectivity index (χ2n) is 9.72. The second kappa shape index (κ2) is 11.6. The molecule has 3 aromatic carbocycles. The summed E-state index contributed by atoms with van der Waals surface area (Å²) in [5, 5.41) is 3.02. The van der Waals surface area contributed by atoms with Gasteiger partial charge in [-0.1, -0.05) is 48.5 Å². The zero-order valence-electron chi connectivity index (χ0n) is 22.4. The first-order valence-corrected chi connectivity index (χ1v) is 13.1. The maximum absolute atomic E-state index is 13.9. The van der Waals surface area contributed by atoms with Crippen LogP contribution in [0.3, 0.4) is 0 Å². The van der Waals surface area contributed by atoms with Crippen molar-refractivity contribution >= 4 is 23.1 Å². The van der Waals surface area contributed by atoms with Crippen molar-refractivity contribution in [3.05, 3.63) is 95.2 Å². The van der Waals surface area contributed by atoms with E-state index < -0.39 is 11.8 Å². The maximum atomic E-state index is 13.9. The molecule has 1 N–H and O–H groups in total. The largest absolute Gasteiger partial charge is 0.495 e. The number of methoxy groups -OCH3 is 2. The summed E-state index contributed by atoms with van der Waals surface area (Å²) in [7, 11) is 3.15. The van der Waals surface area contributed by atoms with Gasteiger partial charge < -0.3 is 19.5 Å². The van der Waals surface area contributed by atoms with Gasteiger partial charge in [-0.15, -0.1) is 0 Å². The lowest BCUT2D eigenvalue weighted by Gasteiger charge is -2.35. The summed E-state index contributed by atoms with van der Waals surface area (Å²) in [6, 6.07) is 22.8. The van der Waals surface area contributed by atoms with Crippen molar-refractivity contribution in [3.8, 4) is 17.2 Å². The number of amides is 1. The SMILES string of the molecule is COc1ccccc1NC(=O)C1C(C)=NC2=C(C(=O)CCC2)[C@@H]1c1ccc(OCc2ccccc2)c(OC)c1. The summed E-state index contributed by atoms with van der Waals surface area (Å²) in [4.78, 5) is 31.9. The Morgan fingerprint density at radius 2 is 1.67 bits per heavy atom. The minimum atomic E-state index is -0.684. The molecule has 1 heterocycles. The van der Waals surface area contributed by atoms with Crippen LogP contribution in [0.15, 0.2) is 89.1 Å². The third-order valence-electron chi connectivity index (χ3n) is 7.27. The average Bonchev–Trinajstić information content (AvgIpc) is 2.96. The van der Waals surface area contributed by atoms with Crippen LogP contribution < -0.4 is 19.5 Å².